The molecule has 5 nitrogen and oxygen atoms in total. The molecule has 0 radical (unpaired) electrons. The van der Waals surface area contributed by atoms with Gasteiger partial charge in [0, 0.05) is 17.6 Å². The van der Waals surface area contributed by atoms with Crippen molar-refractivity contribution < 1.29 is 13.2 Å². The number of likely N-dealkylation sites (N-methyl/N-ethyl adjacent to an activating group) is 1. The SMILES string of the molecule is CCN(CC(=O)Nc1cccc2ccccc12)S(=O)(=O)c1ccc(C)cc1. The Hall–Kier alpha value is -2.70. The van der Waals surface area contributed by atoms with Crippen molar-refractivity contribution in [2.45, 2.75) is 18.7 Å². The van der Waals surface area contributed by atoms with Crippen LogP contribution in [0.5, 0.6) is 0 Å². The Morgan fingerprint density at radius 2 is 1.63 bits per heavy atom. The lowest BCUT2D eigenvalue weighted by Crippen LogP contribution is -2.37. The molecule has 0 unspecified atom stereocenters. The predicted molar refractivity (Wildman–Crippen MR) is 108 cm³/mol. The van der Waals surface area contributed by atoms with Gasteiger partial charge >= 0.3 is 0 Å². The number of sulfonamides is 1. The molecule has 140 valence electrons. The summed E-state index contributed by atoms with van der Waals surface area (Å²) in [5.74, 6) is -0.371. The third-order valence-corrected chi connectivity index (χ3v) is 6.33. The maximum absolute atomic E-state index is 12.8. The number of carbonyl (C=O) groups is 1. The monoisotopic (exact) mass is 382 g/mol. The van der Waals surface area contributed by atoms with Gasteiger partial charge in [-0.25, -0.2) is 8.42 Å². The summed E-state index contributed by atoms with van der Waals surface area (Å²) >= 11 is 0. The number of fused-ring (bicyclic) bond motifs is 1. The standard InChI is InChI=1S/C21H22N2O3S/c1-3-23(27(25,26)18-13-11-16(2)12-14-18)15-21(24)22-20-10-6-8-17-7-4-5-9-19(17)20/h4-14H,3,15H2,1-2H3,(H,22,24). The number of hydrogen-bond donors (Lipinski definition) is 1. The molecule has 0 spiro atoms. The highest BCUT2D eigenvalue weighted by Crippen LogP contribution is 2.23. The molecule has 0 fully saturated rings. The molecule has 0 aromatic heterocycles. The Morgan fingerprint density at radius 1 is 0.963 bits per heavy atom. The van der Waals surface area contributed by atoms with Crippen molar-refractivity contribution in [1.29, 1.82) is 0 Å². The maximum atomic E-state index is 12.8. The number of anilines is 1. The Balaban J connectivity index is 1.80. The molecule has 0 aliphatic heterocycles. The largest absolute Gasteiger partial charge is 0.324 e. The highest BCUT2D eigenvalue weighted by Gasteiger charge is 2.25. The van der Waals surface area contributed by atoms with Crippen LogP contribution in [0.4, 0.5) is 5.69 Å². The number of amides is 1. The smallest absolute Gasteiger partial charge is 0.243 e. The number of nitrogens with zero attached hydrogens (tertiary/aromatic N) is 1. The van der Waals surface area contributed by atoms with Crippen LogP contribution < -0.4 is 5.32 Å². The second kappa shape index (κ2) is 7.90. The Bertz CT molecular complexity index is 1050. The molecule has 3 aromatic rings. The molecule has 0 atom stereocenters. The van der Waals surface area contributed by atoms with Gasteiger partial charge in [0.1, 0.15) is 0 Å². The van der Waals surface area contributed by atoms with E-state index in [9.17, 15) is 13.2 Å². The van der Waals surface area contributed by atoms with Crippen molar-refractivity contribution in [1.82, 2.24) is 4.31 Å². The van der Waals surface area contributed by atoms with Gasteiger partial charge in [0.15, 0.2) is 0 Å². The number of benzene rings is 3. The minimum absolute atomic E-state index is 0.188. The molecule has 0 saturated carbocycles. The van der Waals surface area contributed by atoms with Crippen LogP contribution in [0.25, 0.3) is 10.8 Å². The molecule has 27 heavy (non-hydrogen) atoms. The number of hydrogen-bond acceptors (Lipinski definition) is 3. The number of carbonyl (C=O) groups excluding carboxylic acids is 1. The van der Waals surface area contributed by atoms with Crippen LogP contribution in [-0.2, 0) is 14.8 Å². The van der Waals surface area contributed by atoms with Gasteiger partial charge < -0.3 is 5.32 Å². The number of rotatable bonds is 6. The van der Waals surface area contributed by atoms with Gasteiger partial charge in [0.2, 0.25) is 15.9 Å². The van der Waals surface area contributed by atoms with Crippen LogP contribution in [0.2, 0.25) is 0 Å². The van der Waals surface area contributed by atoms with Crippen molar-refractivity contribution in [3.8, 4) is 0 Å². The lowest BCUT2D eigenvalue weighted by atomic mass is 10.1. The Morgan fingerprint density at radius 3 is 2.33 bits per heavy atom. The molecule has 1 amide bonds. The van der Waals surface area contributed by atoms with Crippen LogP contribution in [0.1, 0.15) is 12.5 Å². The second-order valence-corrected chi connectivity index (χ2v) is 8.26. The van der Waals surface area contributed by atoms with Crippen molar-refractivity contribution >= 4 is 32.4 Å². The topological polar surface area (TPSA) is 66.5 Å². The molecule has 1 N–H and O–H groups in total. The normalized spacial score (nSPS) is 11.7. The van der Waals surface area contributed by atoms with Crippen LogP contribution in [0.3, 0.4) is 0 Å². The molecule has 0 heterocycles. The van der Waals surface area contributed by atoms with E-state index in [0.29, 0.717) is 5.69 Å². The lowest BCUT2D eigenvalue weighted by molar-refractivity contribution is -0.116. The first-order chi connectivity index (χ1) is 12.9. The van der Waals surface area contributed by atoms with E-state index < -0.39 is 10.0 Å². The summed E-state index contributed by atoms with van der Waals surface area (Å²) in [4.78, 5) is 12.7. The second-order valence-electron chi connectivity index (χ2n) is 6.32. The van der Waals surface area contributed by atoms with E-state index in [1.165, 1.54) is 4.31 Å². The summed E-state index contributed by atoms with van der Waals surface area (Å²) in [6.07, 6.45) is 0. The van der Waals surface area contributed by atoms with Gasteiger partial charge in [-0.1, -0.05) is 61.0 Å². The van der Waals surface area contributed by atoms with Crippen LogP contribution in [-0.4, -0.2) is 31.7 Å². The van der Waals surface area contributed by atoms with Gasteiger partial charge in [-0.15, -0.1) is 0 Å². The molecule has 3 aromatic carbocycles. The predicted octanol–water partition coefficient (Wildman–Crippen LogP) is 3.80. The first-order valence-corrected chi connectivity index (χ1v) is 10.2. The van der Waals surface area contributed by atoms with E-state index in [4.69, 9.17) is 0 Å². The van der Waals surface area contributed by atoms with Crippen molar-refractivity contribution in [3.63, 3.8) is 0 Å². The molecule has 0 aliphatic carbocycles. The maximum Gasteiger partial charge on any atom is 0.243 e. The average Bonchev–Trinajstić information content (AvgIpc) is 2.66. The molecular formula is C21H22N2O3S. The minimum Gasteiger partial charge on any atom is -0.324 e. The van der Waals surface area contributed by atoms with Gasteiger partial charge in [0.25, 0.3) is 0 Å². The molecule has 0 aliphatic rings. The Kier molecular flexibility index (Phi) is 5.58. The highest BCUT2D eigenvalue weighted by atomic mass is 32.2. The van der Waals surface area contributed by atoms with Crippen molar-refractivity contribution in [2.75, 3.05) is 18.4 Å². The van der Waals surface area contributed by atoms with Crippen molar-refractivity contribution in [3.05, 3.63) is 72.3 Å². The number of aryl methyl sites for hydroxylation is 1. The average molecular weight is 382 g/mol. The molecule has 0 saturated heterocycles. The first kappa shape index (κ1) is 19.1. The quantitative estimate of drug-likeness (QED) is 0.705. The van der Waals surface area contributed by atoms with E-state index in [1.807, 2.05) is 49.4 Å². The summed E-state index contributed by atoms with van der Waals surface area (Å²) in [7, 11) is -3.73. The fraction of sp³-hybridized carbons (Fsp3) is 0.190. The third-order valence-electron chi connectivity index (χ3n) is 4.40. The van der Waals surface area contributed by atoms with Crippen LogP contribution in [0, 0.1) is 6.92 Å². The fourth-order valence-corrected chi connectivity index (χ4v) is 4.32. The van der Waals surface area contributed by atoms with Gasteiger partial charge in [-0.05, 0) is 30.5 Å². The molecule has 3 rings (SSSR count). The van der Waals surface area contributed by atoms with Crippen molar-refractivity contribution in [2.24, 2.45) is 0 Å². The van der Waals surface area contributed by atoms with Gasteiger partial charge in [-0.3, -0.25) is 4.79 Å². The lowest BCUT2D eigenvalue weighted by Gasteiger charge is -2.20. The highest BCUT2D eigenvalue weighted by molar-refractivity contribution is 7.89. The van der Waals surface area contributed by atoms with E-state index in [-0.39, 0.29) is 23.9 Å². The van der Waals surface area contributed by atoms with Crippen LogP contribution >= 0.6 is 0 Å². The summed E-state index contributed by atoms with van der Waals surface area (Å²) < 4.78 is 26.8. The van der Waals surface area contributed by atoms with Gasteiger partial charge in [0.05, 0.1) is 11.4 Å². The van der Waals surface area contributed by atoms with E-state index in [1.54, 1.807) is 31.2 Å². The van der Waals surface area contributed by atoms with Gasteiger partial charge in [-0.2, -0.15) is 4.31 Å². The zero-order chi connectivity index (χ0) is 19.4. The summed E-state index contributed by atoms with van der Waals surface area (Å²) in [6.45, 7) is 3.58. The molecular weight excluding hydrogens is 360 g/mol. The molecule has 0 bridgehead atoms. The third kappa shape index (κ3) is 4.18. The number of nitrogens with one attached hydrogen (secondary N) is 1. The zero-order valence-electron chi connectivity index (χ0n) is 15.3. The van der Waals surface area contributed by atoms with Crippen LogP contribution in [0.15, 0.2) is 71.6 Å². The van der Waals surface area contributed by atoms with E-state index in [0.717, 1.165) is 16.3 Å². The van der Waals surface area contributed by atoms with E-state index >= 15 is 0 Å². The minimum atomic E-state index is -3.73. The zero-order valence-corrected chi connectivity index (χ0v) is 16.2. The summed E-state index contributed by atoms with van der Waals surface area (Å²) in [6, 6.07) is 20.0. The Labute approximate surface area is 159 Å². The summed E-state index contributed by atoms with van der Waals surface area (Å²) in [5, 5.41) is 4.76. The molecule has 6 heteroatoms. The fourth-order valence-electron chi connectivity index (χ4n) is 2.91. The first-order valence-electron chi connectivity index (χ1n) is 8.76. The van der Waals surface area contributed by atoms with E-state index in [2.05, 4.69) is 5.32 Å². The summed E-state index contributed by atoms with van der Waals surface area (Å²) in [5.41, 5.74) is 1.65.